The minimum absolute atomic E-state index is 0.700. The molecule has 0 atom stereocenters. The van der Waals surface area contributed by atoms with E-state index in [9.17, 15) is 0 Å². The van der Waals surface area contributed by atoms with Gasteiger partial charge < -0.3 is 0 Å². The predicted molar refractivity (Wildman–Crippen MR) is 128 cm³/mol. The molecule has 1 fully saturated rings. The number of hydrogen-bond acceptors (Lipinski definition) is 1. The fraction of sp³-hybridized carbons (Fsp3) is 0.207. The van der Waals surface area contributed by atoms with E-state index in [0.29, 0.717) is 5.92 Å². The van der Waals surface area contributed by atoms with Gasteiger partial charge in [-0.2, -0.15) is 0 Å². The molecule has 0 unspecified atom stereocenters. The summed E-state index contributed by atoms with van der Waals surface area (Å²) in [5.41, 5.74) is 3.76. The molecule has 0 amide bonds. The number of fused-ring (bicyclic) bond motifs is 6. The predicted octanol–water partition coefficient (Wildman–Crippen LogP) is 8.26. The van der Waals surface area contributed by atoms with Crippen molar-refractivity contribution in [3.05, 3.63) is 90.6 Å². The first-order valence-corrected chi connectivity index (χ1v) is 11.2. The first kappa shape index (κ1) is 17.7. The summed E-state index contributed by atoms with van der Waals surface area (Å²) in [4.78, 5) is 4.75. The van der Waals surface area contributed by atoms with Crippen LogP contribution in [0.1, 0.15) is 43.6 Å². The molecule has 4 aromatic carbocycles. The largest absolute Gasteiger partial charge is 0.256 e. The fourth-order valence-corrected chi connectivity index (χ4v) is 5.36. The highest BCUT2D eigenvalue weighted by Crippen LogP contribution is 2.38. The molecule has 30 heavy (non-hydrogen) atoms. The first-order chi connectivity index (χ1) is 14.9. The van der Waals surface area contributed by atoms with E-state index in [1.54, 1.807) is 0 Å². The molecule has 0 spiro atoms. The molecule has 1 aromatic heterocycles. The third kappa shape index (κ3) is 2.89. The molecule has 1 nitrogen and oxygen atoms in total. The van der Waals surface area contributed by atoms with Crippen molar-refractivity contribution in [3.63, 3.8) is 0 Å². The van der Waals surface area contributed by atoms with Gasteiger partial charge in [-0.05, 0) is 74.8 Å². The molecule has 1 heteroatoms. The minimum atomic E-state index is 0.700. The lowest BCUT2D eigenvalue weighted by Crippen LogP contribution is -2.04. The number of nitrogens with zero attached hydrogens (tertiary/aromatic N) is 1. The lowest BCUT2D eigenvalue weighted by atomic mass is 9.84. The monoisotopic (exact) mass is 387 g/mol. The van der Waals surface area contributed by atoms with Crippen molar-refractivity contribution in [1.82, 2.24) is 4.98 Å². The van der Waals surface area contributed by atoms with E-state index in [-0.39, 0.29) is 0 Å². The van der Waals surface area contributed by atoms with Crippen LogP contribution in [0, 0.1) is 0 Å². The summed E-state index contributed by atoms with van der Waals surface area (Å²) < 4.78 is 0. The molecule has 0 N–H and O–H groups in total. The Morgan fingerprint density at radius 2 is 1.17 bits per heavy atom. The maximum absolute atomic E-state index is 4.75. The molecule has 1 aliphatic rings. The Bertz CT molecular complexity index is 1340. The molecule has 5 aromatic rings. The van der Waals surface area contributed by atoms with Crippen LogP contribution >= 0.6 is 0 Å². The maximum Gasteiger partial charge on any atom is 0.0705 e. The second-order valence-corrected chi connectivity index (χ2v) is 8.66. The smallest absolute Gasteiger partial charge is 0.0705 e. The van der Waals surface area contributed by atoms with Crippen molar-refractivity contribution in [3.8, 4) is 11.3 Å². The third-order valence-electron chi connectivity index (χ3n) is 6.90. The molecule has 1 aliphatic carbocycles. The van der Waals surface area contributed by atoms with E-state index in [4.69, 9.17) is 4.98 Å². The van der Waals surface area contributed by atoms with Gasteiger partial charge in [-0.15, -0.1) is 0 Å². The topological polar surface area (TPSA) is 12.9 Å². The summed E-state index contributed by atoms with van der Waals surface area (Å²) in [6, 6.07) is 29.0. The van der Waals surface area contributed by atoms with Crippen molar-refractivity contribution in [2.75, 3.05) is 0 Å². The van der Waals surface area contributed by atoms with E-state index in [2.05, 4.69) is 78.9 Å². The van der Waals surface area contributed by atoms with Gasteiger partial charge in [-0.25, -0.2) is 0 Å². The Kier molecular flexibility index (Phi) is 4.27. The Labute approximate surface area is 177 Å². The highest BCUT2D eigenvalue weighted by Gasteiger charge is 2.16. The number of pyridine rings is 1. The van der Waals surface area contributed by atoms with Gasteiger partial charge in [0, 0.05) is 11.8 Å². The summed E-state index contributed by atoms with van der Waals surface area (Å²) in [6.45, 7) is 0. The summed E-state index contributed by atoms with van der Waals surface area (Å²) in [5, 5.41) is 7.91. The standard InChI is InChI=1S/C29H25N/c1-2-8-20(9-3-1)21-16-17-30-29(19-21)22-14-15-27-25-12-5-4-10-23(25)24-11-6-7-13-26(24)28(27)18-22/h4-7,10-20H,1-3,8-9H2. The zero-order valence-corrected chi connectivity index (χ0v) is 17.1. The Morgan fingerprint density at radius 3 is 1.83 bits per heavy atom. The molecular weight excluding hydrogens is 362 g/mol. The van der Waals surface area contributed by atoms with Crippen LogP contribution in [0.25, 0.3) is 43.6 Å². The van der Waals surface area contributed by atoms with Crippen molar-refractivity contribution in [1.29, 1.82) is 0 Å². The first-order valence-electron chi connectivity index (χ1n) is 11.2. The van der Waals surface area contributed by atoms with E-state index >= 15 is 0 Å². The van der Waals surface area contributed by atoms with E-state index in [1.165, 1.54) is 75.5 Å². The zero-order valence-electron chi connectivity index (χ0n) is 17.1. The molecule has 0 radical (unpaired) electrons. The van der Waals surface area contributed by atoms with Crippen molar-refractivity contribution < 1.29 is 0 Å². The molecule has 0 aliphatic heterocycles. The fourth-order valence-electron chi connectivity index (χ4n) is 5.36. The van der Waals surface area contributed by atoms with Gasteiger partial charge in [-0.3, -0.25) is 4.98 Å². The van der Waals surface area contributed by atoms with Gasteiger partial charge in [0.25, 0.3) is 0 Å². The number of hydrogen-bond donors (Lipinski definition) is 0. The lowest BCUT2D eigenvalue weighted by molar-refractivity contribution is 0.443. The van der Waals surface area contributed by atoms with Crippen LogP contribution in [-0.4, -0.2) is 4.98 Å². The summed E-state index contributed by atoms with van der Waals surface area (Å²) in [6.07, 6.45) is 8.74. The Morgan fingerprint density at radius 1 is 0.567 bits per heavy atom. The second kappa shape index (κ2) is 7.25. The van der Waals surface area contributed by atoms with Crippen molar-refractivity contribution >= 4 is 32.3 Å². The molecular formula is C29H25N. The molecule has 146 valence electrons. The number of benzene rings is 4. The van der Waals surface area contributed by atoms with Crippen LogP contribution in [0.3, 0.4) is 0 Å². The lowest BCUT2D eigenvalue weighted by Gasteiger charge is -2.22. The summed E-state index contributed by atoms with van der Waals surface area (Å²) in [7, 11) is 0. The van der Waals surface area contributed by atoms with Crippen molar-refractivity contribution in [2.24, 2.45) is 0 Å². The summed E-state index contributed by atoms with van der Waals surface area (Å²) >= 11 is 0. The highest BCUT2D eigenvalue weighted by atomic mass is 14.7. The second-order valence-electron chi connectivity index (χ2n) is 8.66. The van der Waals surface area contributed by atoms with Crippen LogP contribution in [0.15, 0.2) is 85.1 Å². The average Bonchev–Trinajstić information content (AvgIpc) is 2.84. The summed E-state index contributed by atoms with van der Waals surface area (Å²) in [5.74, 6) is 0.700. The van der Waals surface area contributed by atoms with Gasteiger partial charge in [0.1, 0.15) is 0 Å². The highest BCUT2D eigenvalue weighted by molar-refractivity contribution is 6.25. The van der Waals surface area contributed by atoms with Crippen LogP contribution < -0.4 is 0 Å². The van der Waals surface area contributed by atoms with E-state index < -0.39 is 0 Å². The molecule has 0 bridgehead atoms. The van der Waals surface area contributed by atoms with Gasteiger partial charge in [0.05, 0.1) is 5.69 Å². The van der Waals surface area contributed by atoms with Crippen LogP contribution in [0.4, 0.5) is 0 Å². The molecule has 1 saturated carbocycles. The van der Waals surface area contributed by atoms with Crippen LogP contribution in [0.5, 0.6) is 0 Å². The van der Waals surface area contributed by atoms with Gasteiger partial charge >= 0.3 is 0 Å². The van der Waals surface area contributed by atoms with Gasteiger partial charge in [-0.1, -0.05) is 79.9 Å². The maximum atomic E-state index is 4.75. The quantitative estimate of drug-likeness (QED) is 0.278. The van der Waals surface area contributed by atoms with Crippen LogP contribution in [0.2, 0.25) is 0 Å². The Hall–Kier alpha value is -3.19. The SMILES string of the molecule is c1ccc2c(c1)c1ccccc1c1cc(-c3cc(C4CCCCC4)ccn3)ccc21. The van der Waals surface area contributed by atoms with Crippen molar-refractivity contribution in [2.45, 2.75) is 38.0 Å². The third-order valence-corrected chi connectivity index (χ3v) is 6.90. The van der Waals surface area contributed by atoms with Gasteiger partial charge in [0.15, 0.2) is 0 Å². The van der Waals surface area contributed by atoms with E-state index in [1.807, 2.05) is 6.20 Å². The average molecular weight is 388 g/mol. The molecule has 1 heterocycles. The number of rotatable bonds is 2. The normalized spacial score (nSPS) is 15.2. The van der Waals surface area contributed by atoms with E-state index in [0.717, 1.165) is 5.69 Å². The molecule has 0 saturated heterocycles. The zero-order chi connectivity index (χ0) is 19.9. The van der Waals surface area contributed by atoms with Gasteiger partial charge in [0.2, 0.25) is 0 Å². The minimum Gasteiger partial charge on any atom is -0.256 e. The Balaban J connectivity index is 1.56. The molecule has 6 rings (SSSR count). The van der Waals surface area contributed by atoms with Crippen LogP contribution in [-0.2, 0) is 0 Å². The number of aromatic nitrogens is 1.